The van der Waals surface area contributed by atoms with E-state index in [1.54, 1.807) is 0 Å². The minimum absolute atomic E-state index is 0.256. The van der Waals surface area contributed by atoms with Crippen LogP contribution in [0.4, 0.5) is 5.69 Å². The van der Waals surface area contributed by atoms with E-state index in [0.29, 0.717) is 0 Å². The molecule has 2 aliphatic rings. The van der Waals surface area contributed by atoms with E-state index in [2.05, 4.69) is 10.6 Å². The molecule has 2 amide bonds. The van der Waals surface area contributed by atoms with Crippen molar-refractivity contribution in [2.75, 3.05) is 23.0 Å². The van der Waals surface area contributed by atoms with Gasteiger partial charge < -0.3 is 10.6 Å². The average molecular weight is 514 g/mol. The lowest BCUT2D eigenvalue weighted by Gasteiger charge is -2.16. The summed E-state index contributed by atoms with van der Waals surface area (Å²) in [5.41, 5.74) is -1.07. The van der Waals surface area contributed by atoms with Gasteiger partial charge in [0.1, 0.15) is 0 Å². The zero-order valence-corrected chi connectivity index (χ0v) is 18.8. The van der Waals surface area contributed by atoms with Gasteiger partial charge in [0, 0.05) is 23.3 Å². The number of hydrogen-bond acceptors (Lipinski definition) is 8. The van der Waals surface area contributed by atoms with Crippen LogP contribution in [0.1, 0.15) is 20.7 Å². The Hall–Kier alpha value is -1.96. The lowest BCUT2D eigenvalue weighted by atomic mass is 10.1. The molecule has 1 aromatic rings. The van der Waals surface area contributed by atoms with Crippen molar-refractivity contribution in [1.82, 2.24) is 10.6 Å². The number of alkyl halides is 2. The van der Waals surface area contributed by atoms with Crippen LogP contribution < -0.4 is 10.6 Å². The Labute approximate surface area is 187 Å². The van der Waals surface area contributed by atoms with E-state index in [9.17, 15) is 36.5 Å². The fraction of sp³-hybridized carbons (Fsp3) is 0.500. The van der Waals surface area contributed by atoms with Crippen LogP contribution in [0.3, 0.4) is 0 Å². The minimum Gasteiger partial charge on any atom is -0.347 e. The van der Waals surface area contributed by atoms with Gasteiger partial charge in [0.05, 0.1) is 50.8 Å². The zero-order valence-electron chi connectivity index (χ0n) is 15.7. The van der Waals surface area contributed by atoms with Gasteiger partial charge >= 0.3 is 0 Å². The SMILES string of the molecule is O=C(NC1CS(=O)(=O)CC1Cl)c1cc(C(=O)NC2CS(=O)(=O)CC2Cl)cc([N+](=O)[O-])c1. The number of hydrogen-bond donors (Lipinski definition) is 2. The van der Waals surface area contributed by atoms with E-state index >= 15 is 0 Å². The normalized spacial score (nSPS) is 28.7. The molecule has 11 nitrogen and oxygen atoms in total. The van der Waals surface area contributed by atoms with E-state index < -0.39 is 64.9 Å². The summed E-state index contributed by atoms with van der Waals surface area (Å²) in [6.07, 6.45) is 0. The summed E-state index contributed by atoms with van der Waals surface area (Å²) >= 11 is 11.9. The van der Waals surface area contributed by atoms with Crippen molar-refractivity contribution in [1.29, 1.82) is 0 Å². The van der Waals surface area contributed by atoms with Crippen LogP contribution in [-0.2, 0) is 19.7 Å². The number of carbonyl (C=O) groups excluding carboxylic acids is 2. The standard InChI is InChI=1S/C16H17Cl2N3O8S2/c17-11-4-30(26,27)6-13(11)19-15(22)8-1-9(3-10(2-8)21(24)25)16(23)20-14-7-31(28,29)5-12(14)18/h1-3,11-14H,4-7H2,(H,19,22)(H,20,23). The molecular weight excluding hydrogens is 497 g/mol. The quantitative estimate of drug-likeness (QED) is 0.311. The lowest BCUT2D eigenvalue weighted by molar-refractivity contribution is -0.384. The summed E-state index contributed by atoms with van der Waals surface area (Å²) in [4.78, 5) is 35.6. The Balaban J connectivity index is 1.83. The van der Waals surface area contributed by atoms with Gasteiger partial charge in [0.25, 0.3) is 17.5 Å². The molecule has 31 heavy (non-hydrogen) atoms. The van der Waals surface area contributed by atoms with Crippen molar-refractivity contribution in [3.05, 3.63) is 39.4 Å². The summed E-state index contributed by atoms with van der Waals surface area (Å²) in [5.74, 6) is -3.06. The van der Waals surface area contributed by atoms with E-state index in [1.807, 2.05) is 0 Å². The maximum absolute atomic E-state index is 12.6. The highest BCUT2D eigenvalue weighted by Gasteiger charge is 2.39. The molecule has 170 valence electrons. The molecule has 3 rings (SSSR count). The average Bonchev–Trinajstić information content (AvgIpc) is 3.06. The number of carbonyl (C=O) groups is 2. The predicted octanol–water partition coefficient (Wildman–Crippen LogP) is -0.137. The Morgan fingerprint density at radius 2 is 1.23 bits per heavy atom. The van der Waals surface area contributed by atoms with E-state index in [1.165, 1.54) is 0 Å². The van der Waals surface area contributed by atoms with E-state index in [-0.39, 0.29) is 34.1 Å². The molecule has 0 saturated carbocycles. The van der Waals surface area contributed by atoms with Crippen LogP contribution in [-0.4, -0.2) is 79.4 Å². The molecule has 2 N–H and O–H groups in total. The molecule has 0 bridgehead atoms. The molecule has 2 saturated heterocycles. The van der Waals surface area contributed by atoms with E-state index in [0.717, 1.165) is 18.2 Å². The fourth-order valence-corrected chi connectivity index (χ4v) is 8.46. The van der Waals surface area contributed by atoms with Gasteiger partial charge in [0.2, 0.25) is 0 Å². The number of amides is 2. The molecule has 0 spiro atoms. The highest BCUT2D eigenvalue weighted by Crippen LogP contribution is 2.22. The second-order valence-electron chi connectivity index (χ2n) is 7.37. The van der Waals surface area contributed by atoms with Gasteiger partial charge in [0.15, 0.2) is 19.7 Å². The Morgan fingerprint density at radius 3 is 1.52 bits per heavy atom. The number of nitrogens with one attached hydrogen (secondary N) is 2. The third kappa shape index (κ3) is 5.64. The molecular formula is C16H17Cl2N3O8S2. The predicted molar refractivity (Wildman–Crippen MR) is 112 cm³/mol. The highest BCUT2D eigenvalue weighted by atomic mass is 35.5. The molecule has 2 aliphatic heterocycles. The molecule has 15 heteroatoms. The topological polar surface area (TPSA) is 170 Å². The third-order valence-corrected chi connectivity index (χ3v) is 9.60. The number of nitro benzene ring substituents is 1. The van der Waals surface area contributed by atoms with Crippen LogP contribution in [0.5, 0.6) is 0 Å². The first-order valence-electron chi connectivity index (χ1n) is 8.86. The maximum atomic E-state index is 12.6. The third-order valence-electron chi connectivity index (χ3n) is 4.85. The van der Waals surface area contributed by atoms with Crippen LogP contribution >= 0.6 is 23.2 Å². The van der Waals surface area contributed by atoms with Gasteiger partial charge in [-0.2, -0.15) is 0 Å². The molecule has 4 atom stereocenters. The van der Waals surface area contributed by atoms with Crippen LogP contribution in [0.2, 0.25) is 0 Å². The second kappa shape index (κ2) is 8.52. The molecule has 0 aromatic heterocycles. The monoisotopic (exact) mass is 513 g/mol. The van der Waals surface area contributed by atoms with Crippen molar-refractivity contribution in [2.24, 2.45) is 0 Å². The zero-order chi connectivity index (χ0) is 23.1. The molecule has 1 aromatic carbocycles. The van der Waals surface area contributed by atoms with Gasteiger partial charge in [-0.15, -0.1) is 23.2 Å². The fourth-order valence-electron chi connectivity index (χ4n) is 3.36. The Morgan fingerprint density at radius 1 is 0.839 bits per heavy atom. The van der Waals surface area contributed by atoms with Crippen molar-refractivity contribution in [3.8, 4) is 0 Å². The van der Waals surface area contributed by atoms with Crippen molar-refractivity contribution >= 4 is 60.4 Å². The summed E-state index contributed by atoms with van der Waals surface area (Å²) in [5, 5.41) is 14.4. The molecule has 0 radical (unpaired) electrons. The number of nitro groups is 1. The van der Waals surface area contributed by atoms with Crippen LogP contribution in [0.25, 0.3) is 0 Å². The first kappa shape index (κ1) is 23.7. The van der Waals surface area contributed by atoms with Crippen molar-refractivity contribution in [2.45, 2.75) is 22.8 Å². The number of nitrogens with zero attached hydrogens (tertiary/aromatic N) is 1. The van der Waals surface area contributed by atoms with Gasteiger partial charge in [-0.05, 0) is 6.07 Å². The Bertz CT molecular complexity index is 1080. The smallest absolute Gasteiger partial charge is 0.271 e. The van der Waals surface area contributed by atoms with Crippen molar-refractivity contribution < 1.29 is 31.3 Å². The molecule has 2 heterocycles. The molecule has 4 unspecified atom stereocenters. The lowest BCUT2D eigenvalue weighted by Crippen LogP contribution is -2.41. The largest absolute Gasteiger partial charge is 0.347 e. The second-order valence-corrected chi connectivity index (χ2v) is 12.8. The van der Waals surface area contributed by atoms with Gasteiger partial charge in [-0.1, -0.05) is 0 Å². The first-order chi connectivity index (χ1) is 14.3. The number of halogens is 2. The van der Waals surface area contributed by atoms with Crippen LogP contribution in [0, 0.1) is 10.1 Å². The highest BCUT2D eigenvalue weighted by molar-refractivity contribution is 7.92. The molecule has 0 aliphatic carbocycles. The number of rotatable bonds is 5. The van der Waals surface area contributed by atoms with Gasteiger partial charge in [-0.3, -0.25) is 19.7 Å². The summed E-state index contributed by atoms with van der Waals surface area (Å²) < 4.78 is 46.6. The number of sulfone groups is 2. The molecule has 2 fully saturated rings. The first-order valence-corrected chi connectivity index (χ1v) is 13.4. The Kier molecular flexibility index (Phi) is 6.52. The van der Waals surface area contributed by atoms with Crippen LogP contribution in [0.15, 0.2) is 18.2 Å². The minimum atomic E-state index is -3.42. The summed E-state index contributed by atoms with van der Waals surface area (Å²) in [6, 6.07) is 1.16. The van der Waals surface area contributed by atoms with E-state index in [4.69, 9.17) is 23.2 Å². The number of non-ortho nitro benzene ring substituents is 1. The maximum Gasteiger partial charge on any atom is 0.271 e. The van der Waals surface area contributed by atoms with Crippen molar-refractivity contribution in [3.63, 3.8) is 0 Å². The van der Waals surface area contributed by atoms with Gasteiger partial charge in [-0.25, -0.2) is 16.8 Å². The summed E-state index contributed by atoms with van der Waals surface area (Å²) in [7, 11) is -6.85. The summed E-state index contributed by atoms with van der Waals surface area (Å²) in [6.45, 7) is 0. The number of benzene rings is 1.